The van der Waals surface area contributed by atoms with Crippen molar-refractivity contribution in [1.29, 1.82) is 0 Å². The molecule has 3 nitrogen and oxygen atoms in total. The second-order valence-corrected chi connectivity index (χ2v) is 4.07. The summed E-state index contributed by atoms with van der Waals surface area (Å²) in [5.74, 6) is 0.390. The Hall–Kier alpha value is -2.24. The topological polar surface area (TPSA) is 37.1 Å². The smallest absolute Gasteiger partial charge is 0.294 e. The maximum absolute atomic E-state index is 12.5. The first-order chi connectivity index (χ1) is 9.45. The normalized spacial score (nSPS) is 17.8. The summed E-state index contributed by atoms with van der Waals surface area (Å²) < 4.78 is 37.5. The minimum Gasteiger partial charge on any atom is -0.294 e. The predicted molar refractivity (Wildman–Crippen MR) is 73.6 cm³/mol. The SMILES string of the molecule is C/C=C1/N=C(c2ccc(C(F)(F)F)cc2)N=C1C=NC. The first-order valence-electron chi connectivity index (χ1n) is 5.89. The third-order valence-electron chi connectivity index (χ3n) is 2.71. The molecule has 0 saturated heterocycles. The zero-order valence-corrected chi connectivity index (χ0v) is 10.9. The van der Waals surface area contributed by atoms with Gasteiger partial charge in [0.05, 0.1) is 11.3 Å². The predicted octanol–water partition coefficient (Wildman–Crippen LogP) is 3.51. The molecule has 0 N–H and O–H groups in total. The van der Waals surface area contributed by atoms with Crippen LogP contribution in [0.3, 0.4) is 0 Å². The lowest BCUT2D eigenvalue weighted by Crippen LogP contribution is -2.05. The van der Waals surface area contributed by atoms with Crippen LogP contribution >= 0.6 is 0 Å². The van der Waals surface area contributed by atoms with E-state index in [4.69, 9.17) is 0 Å². The standard InChI is InChI=1S/C14H12F3N3/c1-3-11-12(8-18-2)20-13(19-11)9-4-6-10(7-5-9)14(15,16)17/h3-8H,1-2H3/b11-3+,18-8?. The Bertz CT molecular complexity index is 620. The second-order valence-electron chi connectivity index (χ2n) is 4.07. The molecule has 0 unspecified atom stereocenters. The molecule has 104 valence electrons. The summed E-state index contributed by atoms with van der Waals surface area (Å²) in [4.78, 5) is 12.4. The summed E-state index contributed by atoms with van der Waals surface area (Å²) in [7, 11) is 1.62. The fourth-order valence-corrected chi connectivity index (χ4v) is 1.73. The number of hydrogen-bond acceptors (Lipinski definition) is 3. The zero-order chi connectivity index (χ0) is 14.8. The Kier molecular flexibility index (Phi) is 3.83. The molecule has 0 aliphatic carbocycles. The summed E-state index contributed by atoms with van der Waals surface area (Å²) in [5, 5.41) is 0. The molecule has 0 bridgehead atoms. The van der Waals surface area contributed by atoms with E-state index in [0.717, 1.165) is 12.1 Å². The zero-order valence-electron chi connectivity index (χ0n) is 10.9. The van der Waals surface area contributed by atoms with Crippen molar-refractivity contribution in [3.63, 3.8) is 0 Å². The van der Waals surface area contributed by atoms with Gasteiger partial charge in [-0.25, -0.2) is 9.98 Å². The fraction of sp³-hybridized carbons (Fsp3) is 0.214. The van der Waals surface area contributed by atoms with Crippen LogP contribution in [0, 0.1) is 0 Å². The summed E-state index contributed by atoms with van der Waals surface area (Å²) in [5.41, 5.74) is 1.11. The number of halogens is 3. The highest BCUT2D eigenvalue weighted by Crippen LogP contribution is 2.29. The van der Waals surface area contributed by atoms with Gasteiger partial charge in [0.1, 0.15) is 5.71 Å². The van der Waals surface area contributed by atoms with E-state index in [1.165, 1.54) is 12.1 Å². The van der Waals surface area contributed by atoms with Crippen molar-refractivity contribution in [2.75, 3.05) is 7.05 Å². The number of rotatable bonds is 2. The summed E-state index contributed by atoms with van der Waals surface area (Å²) in [6, 6.07) is 4.78. The van der Waals surface area contributed by atoms with E-state index in [1.807, 2.05) is 6.92 Å². The number of aliphatic imine (C=N–C) groups is 3. The molecule has 0 fully saturated rings. The minimum atomic E-state index is -4.34. The van der Waals surface area contributed by atoms with Crippen LogP contribution in [0.1, 0.15) is 18.1 Å². The monoisotopic (exact) mass is 279 g/mol. The summed E-state index contributed by atoms with van der Waals surface area (Å²) in [6.45, 7) is 1.81. The molecular weight excluding hydrogens is 267 g/mol. The molecule has 0 saturated carbocycles. The van der Waals surface area contributed by atoms with Gasteiger partial charge in [-0.15, -0.1) is 0 Å². The number of amidine groups is 1. The highest BCUT2D eigenvalue weighted by atomic mass is 19.4. The average Bonchev–Trinajstić information content (AvgIpc) is 2.81. The average molecular weight is 279 g/mol. The van der Waals surface area contributed by atoms with Gasteiger partial charge in [0.25, 0.3) is 0 Å². The molecule has 0 atom stereocenters. The number of hydrogen-bond donors (Lipinski definition) is 0. The Morgan fingerprint density at radius 1 is 1.10 bits per heavy atom. The molecule has 0 radical (unpaired) electrons. The van der Waals surface area contributed by atoms with Gasteiger partial charge in [0.15, 0.2) is 5.84 Å². The number of allylic oxidation sites excluding steroid dienone is 2. The number of benzene rings is 1. The Labute approximate surface area is 114 Å². The Morgan fingerprint density at radius 2 is 1.75 bits per heavy atom. The molecule has 20 heavy (non-hydrogen) atoms. The maximum Gasteiger partial charge on any atom is 0.416 e. The van der Waals surface area contributed by atoms with Crippen LogP contribution in [-0.2, 0) is 6.18 Å². The molecule has 1 aromatic carbocycles. The molecule has 1 aromatic rings. The van der Waals surface area contributed by atoms with Crippen molar-refractivity contribution in [2.24, 2.45) is 15.0 Å². The van der Waals surface area contributed by atoms with Gasteiger partial charge in [0.2, 0.25) is 0 Å². The van der Waals surface area contributed by atoms with Crippen molar-refractivity contribution in [3.8, 4) is 0 Å². The van der Waals surface area contributed by atoms with Crippen molar-refractivity contribution in [2.45, 2.75) is 13.1 Å². The molecule has 0 aromatic heterocycles. The van der Waals surface area contributed by atoms with Gasteiger partial charge in [-0.2, -0.15) is 13.2 Å². The van der Waals surface area contributed by atoms with Gasteiger partial charge in [-0.05, 0) is 19.1 Å². The van der Waals surface area contributed by atoms with Crippen LogP contribution in [-0.4, -0.2) is 24.8 Å². The molecule has 0 amide bonds. The first-order valence-corrected chi connectivity index (χ1v) is 5.89. The molecule has 2 rings (SSSR count). The first kappa shape index (κ1) is 14.2. The van der Waals surface area contributed by atoms with E-state index < -0.39 is 11.7 Å². The lowest BCUT2D eigenvalue weighted by atomic mass is 10.1. The Balaban J connectivity index is 2.34. The van der Waals surface area contributed by atoms with E-state index >= 15 is 0 Å². The van der Waals surface area contributed by atoms with Crippen LogP contribution in [0.15, 0.2) is 51.0 Å². The van der Waals surface area contributed by atoms with Crippen LogP contribution in [0.2, 0.25) is 0 Å². The quantitative estimate of drug-likeness (QED) is 0.743. The molecule has 1 aliphatic heterocycles. The third kappa shape index (κ3) is 2.84. The van der Waals surface area contributed by atoms with Crippen molar-refractivity contribution >= 4 is 17.8 Å². The van der Waals surface area contributed by atoms with Crippen LogP contribution < -0.4 is 0 Å². The lowest BCUT2D eigenvalue weighted by Gasteiger charge is -2.06. The van der Waals surface area contributed by atoms with E-state index in [-0.39, 0.29) is 0 Å². The third-order valence-corrected chi connectivity index (χ3v) is 2.71. The Morgan fingerprint density at radius 3 is 2.25 bits per heavy atom. The lowest BCUT2D eigenvalue weighted by molar-refractivity contribution is -0.137. The van der Waals surface area contributed by atoms with Crippen LogP contribution in [0.4, 0.5) is 13.2 Å². The van der Waals surface area contributed by atoms with Crippen molar-refractivity contribution in [1.82, 2.24) is 0 Å². The van der Waals surface area contributed by atoms with Crippen molar-refractivity contribution in [3.05, 3.63) is 47.2 Å². The van der Waals surface area contributed by atoms with Gasteiger partial charge in [-0.3, -0.25) is 4.99 Å². The molecule has 1 heterocycles. The van der Waals surface area contributed by atoms with Crippen LogP contribution in [0.25, 0.3) is 0 Å². The van der Waals surface area contributed by atoms with Crippen molar-refractivity contribution < 1.29 is 13.2 Å². The summed E-state index contributed by atoms with van der Waals surface area (Å²) in [6.07, 6.45) is -0.999. The minimum absolute atomic E-state index is 0.390. The van der Waals surface area contributed by atoms with Crippen LogP contribution in [0.5, 0.6) is 0 Å². The number of alkyl halides is 3. The number of nitrogens with zero attached hydrogens (tertiary/aromatic N) is 3. The molecular formula is C14H12F3N3. The second kappa shape index (κ2) is 5.40. The van der Waals surface area contributed by atoms with Gasteiger partial charge in [0, 0.05) is 18.8 Å². The van der Waals surface area contributed by atoms with E-state index in [0.29, 0.717) is 22.8 Å². The van der Waals surface area contributed by atoms with E-state index in [2.05, 4.69) is 15.0 Å². The molecule has 6 heteroatoms. The summed E-state index contributed by atoms with van der Waals surface area (Å²) >= 11 is 0. The van der Waals surface area contributed by atoms with Gasteiger partial charge in [-0.1, -0.05) is 18.2 Å². The van der Waals surface area contributed by atoms with Gasteiger partial charge < -0.3 is 0 Å². The maximum atomic E-state index is 12.5. The fourth-order valence-electron chi connectivity index (χ4n) is 1.73. The van der Waals surface area contributed by atoms with Gasteiger partial charge >= 0.3 is 6.18 Å². The van der Waals surface area contributed by atoms with E-state index in [9.17, 15) is 13.2 Å². The molecule has 0 spiro atoms. The highest BCUT2D eigenvalue weighted by Gasteiger charge is 2.30. The van der Waals surface area contributed by atoms with E-state index in [1.54, 1.807) is 19.3 Å². The molecule has 1 aliphatic rings. The highest BCUT2D eigenvalue weighted by molar-refractivity contribution is 6.42. The largest absolute Gasteiger partial charge is 0.416 e.